The molecule has 1 fully saturated rings. The van der Waals surface area contributed by atoms with Crippen molar-refractivity contribution in [3.8, 4) is 0 Å². The summed E-state index contributed by atoms with van der Waals surface area (Å²) >= 11 is 0. The highest BCUT2D eigenvalue weighted by Crippen LogP contribution is 2.31. The first kappa shape index (κ1) is 14.5. The van der Waals surface area contributed by atoms with E-state index in [1.54, 1.807) is 0 Å². The summed E-state index contributed by atoms with van der Waals surface area (Å²) in [5.74, 6) is 0.258. The number of nitrogens with one attached hydrogen (secondary N) is 2. The zero-order chi connectivity index (χ0) is 12.9. The molecule has 0 aromatic heterocycles. The molecule has 0 spiro atoms. The molecule has 1 amide bonds. The molecule has 0 bridgehead atoms. The number of carbonyl (C=O) groups excluding carboxylic acids is 1. The van der Waals surface area contributed by atoms with E-state index in [1.165, 1.54) is 0 Å². The smallest absolute Gasteiger partial charge is 0.227 e. The van der Waals surface area contributed by atoms with Crippen LogP contribution in [0.1, 0.15) is 53.4 Å². The molecule has 1 unspecified atom stereocenters. The van der Waals surface area contributed by atoms with Gasteiger partial charge in [0.25, 0.3) is 0 Å². The molecule has 1 atom stereocenters. The van der Waals surface area contributed by atoms with Gasteiger partial charge in [-0.3, -0.25) is 4.79 Å². The minimum atomic E-state index is -0.132. The van der Waals surface area contributed by atoms with Gasteiger partial charge in [0.2, 0.25) is 5.91 Å². The van der Waals surface area contributed by atoms with Crippen LogP contribution in [0.4, 0.5) is 0 Å². The van der Waals surface area contributed by atoms with Crippen LogP contribution >= 0.6 is 0 Å². The van der Waals surface area contributed by atoms with Crippen molar-refractivity contribution in [1.29, 1.82) is 0 Å². The summed E-state index contributed by atoms with van der Waals surface area (Å²) in [4.78, 5) is 12.3. The second-order valence-electron chi connectivity index (χ2n) is 6.52. The average Bonchev–Trinajstić information content (AvgIpc) is 2.66. The van der Waals surface area contributed by atoms with Gasteiger partial charge in [0.15, 0.2) is 0 Å². The van der Waals surface area contributed by atoms with E-state index in [0.717, 1.165) is 45.3 Å². The topological polar surface area (TPSA) is 41.1 Å². The zero-order valence-corrected chi connectivity index (χ0v) is 11.9. The van der Waals surface area contributed by atoms with E-state index < -0.39 is 0 Å². The number of carbonyl (C=O) groups is 1. The van der Waals surface area contributed by atoms with Gasteiger partial charge in [-0.05, 0) is 31.2 Å². The molecule has 17 heavy (non-hydrogen) atoms. The van der Waals surface area contributed by atoms with Gasteiger partial charge in [0.1, 0.15) is 0 Å². The SMILES string of the molecule is CCCC1(C(=O)NCCC(C)(C)C)CCNC1. The Kier molecular flexibility index (Phi) is 4.99. The van der Waals surface area contributed by atoms with Crippen molar-refractivity contribution in [2.75, 3.05) is 19.6 Å². The molecule has 0 saturated carbocycles. The summed E-state index contributed by atoms with van der Waals surface area (Å²) in [6.45, 7) is 11.4. The highest BCUT2D eigenvalue weighted by molar-refractivity contribution is 5.83. The molecular weight excluding hydrogens is 212 g/mol. The van der Waals surface area contributed by atoms with E-state index in [2.05, 4.69) is 38.3 Å². The van der Waals surface area contributed by atoms with E-state index in [9.17, 15) is 4.79 Å². The van der Waals surface area contributed by atoms with Gasteiger partial charge in [-0.1, -0.05) is 34.1 Å². The van der Waals surface area contributed by atoms with E-state index >= 15 is 0 Å². The number of rotatable bonds is 5. The van der Waals surface area contributed by atoms with E-state index in [0.29, 0.717) is 5.41 Å². The molecule has 1 aliphatic heterocycles. The summed E-state index contributed by atoms with van der Waals surface area (Å²) in [7, 11) is 0. The number of amides is 1. The maximum atomic E-state index is 12.3. The molecule has 2 N–H and O–H groups in total. The van der Waals surface area contributed by atoms with E-state index in [4.69, 9.17) is 0 Å². The van der Waals surface area contributed by atoms with Gasteiger partial charge in [0.05, 0.1) is 5.41 Å². The standard InChI is InChI=1S/C14H28N2O/c1-5-6-14(8-9-15-11-14)12(17)16-10-7-13(2,3)4/h15H,5-11H2,1-4H3,(H,16,17). The first-order valence-corrected chi connectivity index (χ1v) is 6.89. The first-order chi connectivity index (χ1) is 7.90. The van der Waals surface area contributed by atoms with Gasteiger partial charge >= 0.3 is 0 Å². The Hall–Kier alpha value is -0.570. The van der Waals surface area contributed by atoms with Crippen LogP contribution in [0.25, 0.3) is 0 Å². The number of hydrogen-bond acceptors (Lipinski definition) is 2. The Labute approximate surface area is 106 Å². The minimum Gasteiger partial charge on any atom is -0.356 e. The Morgan fingerprint density at radius 1 is 1.41 bits per heavy atom. The van der Waals surface area contributed by atoms with Crippen LogP contribution in [-0.4, -0.2) is 25.5 Å². The molecule has 1 aliphatic rings. The van der Waals surface area contributed by atoms with Crippen molar-refractivity contribution in [2.24, 2.45) is 10.8 Å². The maximum Gasteiger partial charge on any atom is 0.227 e. The summed E-state index contributed by atoms with van der Waals surface area (Å²) in [5, 5.41) is 6.45. The fourth-order valence-corrected chi connectivity index (χ4v) is 2.48. The third-order valence-electron chi connectivity index (χ3n) is 3.61. The Balaban J connectivity index is 2.44. The van der Waals surface area contributed by atoms with Crippen molar-refractivity contribution >= 4 is 5.91 Å². The predicted octanol–water partition coefficient (Wildman–Crippen LogP) is 2.32. The molecule has 3 nitrogen and oxygen atoms in total. The Morgan fingerprint density at radius 2 is 2.12 bits per heavy atom. The quantitative estimate of drug-likeness (QED) is 0.774. The van der Waals surface area contributed by atoms with Gasteiger partial charge in [-0.15, -0.1) is 0 Å². The molecule has 1 rings (SSSR count). The fraction of sp³-hybridized carbons (Fsp3) is 0.929. The first-order valence-electron chi connectivity index (χ1n) is 6.89. The lowest BCUT2D eigenvalue weighted by Crippen LogP contribution is -2.43. The summed E-state index contributed by atoms with van der Waals surface area (Å²) < 4.78 is 0. The molecular formula is C14H28N2O. The lowest BCUT2D eigenvalue weighted by molar-refractivity contribution is -0.130. The van der Waals surface area contributed by atoms with Gasteiger partial charge in [-0.25, -0.2) is 0 Å². The van der Waals surface area contributed by atoms with Gasteiger partial charge < -0.3 is 10.6 Å². The average molecular weight is 240 g/mol. The highest BCUT2D eigenvalue weighted by Gasteiger charge is 2.39. The number of hydrogen-bond donors (Lipinski definition) is 2. The second kappa shape index (κ2) is 5.85. The van der Waals surface area contributed by atoms with Crippen molar-refractivity contribution in [1.82, 2.24) is 10.6 Å². The van der Waals surface area contributed by atoms with Crippen LogP contribution in [0.15, 0.2) is 0 Å². The second-order valence-corrected chi connectivity index (χ2v) is 6.52. The van der Waals surface area contributed by atoms with Crippen LogP contribution in [0, 0.1) is 10.8 Å². The van der Waals surface area contributed by atoms with Crippen LogP contribution in [0.2, 0.25) is 0 Å². The molecule has 3 heteroatoms. The maximum absolute atomic E-state index is 12.3. The van der Waals surface area contributed by atoms with Crippen LogP contribution < -0.4 is 10.6 Å². The third-order valence-corrected chi connectivity index (χ3v) is 3.61. The lowest BCUT2D eigenvalue weighted by atomic mass is 9.81. The summed E-state index contributed by atoms with van der Waals surface area (Å²) in [6.07, 6.45) is 4.10. The lowest BCUT2D eigenvalue weighted by Gasteiger charge is -2.27. The van der Waals surface area contributed by atoms with Crippen LogP contribution in [0.5, 0.6) is 0 Å². The zero-order valence-electron chi connectivity index (χ0n) is 11.9. The van der Waals surface area contributed by atoms with Crippen LogP contribution in [0.3, 0.4) is 0 Å². The fourth-order valence-electron chi connectivity index (χ4n) is 2.48. The predicted molar refractivity (Wildman–Crippen MR) is 71.9 cm³/mol. The van der Waals surface area contributed by atoms with Crippen LogP contribution in [-0.2, 0) is 4.79 Å². The normalized spacial score (nSPS) is 24.9. The Morgan fingerprint density at radius 3 is 2.59 bits per heavy atom. The van der Waals surface area contributed by atoms with Gasteiger partial charge in [-0.2, -0.15) is 0 Å². The third kappa shape index (κ3) is 4.30. The van der Waals surface area contributed by atoms with Crippen molar-refractivity contribution in [3.05, 3.63) is 0 Å². The molecule has 0 radical (unpaired) electrons. The molecule has 100 valence electrons. The molecule has 1 saturated heterocycles. The van der Waals surface area contributed by atoms with Crippen molar-refractivity contribution in [2.45, 2.75) is 53.4 Å². The summed E-state index contributed by atoms with van der Waals surface area (Å²) in [5.41, 5.74) is 0.158. The largest absolute Gasteiger partial charge is 0.356 e. The molecule has 0 aliphatic carbocycles. The van der Waals surface area contributed by atoms with Gasteiger partial charge in [0, 0.05) is 13.1 Å². The van der Waals surface area contributed by atoms with Crippen molar-refractivity contribution in [3.63, 3.8) is 0 Å². The molecule has 0 aromatic carbocycles. The minimum absolute atomic E-state index is 0.132. The highest BCUT2D eigenvalue weighted by atomic mass is 16.2. The van der Waals surface area contributed by atoms with Crippen molar-refractivity contribution < 1.29 is 4.79 Å². The monoisotopic (exact) mass is 240 g/mol. The molecule has 1 heterocycles. The summed E-state index contributed by atoms with van der Waals surface area (Å²) in [6, 6.07) is 0. The Bertz CT molecular complexity index is 249. The molecule has 0 aromatic rings. The van der Waals surface area contributed by atoms with E-state index in [-0.39, 0.29) is 11.3 Å². The van der Waals surface area contributed by atoms with E-state index in [1.807, 2.05) is 0 Å².